The molecule has 0 radical (unpaired) electrons. The van der Waals surface area contributed by atoms with Gasteiger partial charge in [0.25, 0.3) is 0 Å². The zero-order chi connectivity index (χ0) is 11.0. The number of hydrogen-bond donors (Lipinski definition) is 2. The van der Waals surface area contributed by atoms with Gasteiger partial charge in [0.05, 0.1) is 5.60 Å². The molecule has 86 valence electrons. The van der Waals surface area contributed by atoms with E-state index in [2.05, 4.69) is 19.2 Å². The van der Waals surface area contributed by atoms with Gasteiger partial charge in [0.15, 0.2) is 0 Å². The largest absolute Gasteiger partial charge is 0.389 e. The van der Waals surface area contributed by atoms with Crippen molar-refractivity contribution in [3.05, 3.63) is 0 Å². The number of aliphatic hydroxyl groups is 1. The number of rotatable bonds is 8. The molecule has 0 spiro atoms. The maximum Gasteiger partial charge on any atom is 0.0743 e. The molecular formula is C11H25NO2. The van der Waals surface area contributed by atoms with Gasteiger partial charge in [-0.25, -0.2) is 0 Å². The minimum atomic E-state index is -0.568. The summed E-state index contributed by atoms with van der Waals surface area (Å²) in [4.78, 5) is 0. The highest BCUT2D eigenvalue weighted by Crippen LogP contribution is 2.09. The quantitative estimate of drug-likeness (QED) is 0.627. The third-order valence-corrected chi connectivity index (χ3v) is 2.24. The molecule has 0 amide bonds. The Bertz CT molecular complexity index is 137. The lowest BCUT2D eigenvalue weighted by atomic mass is 10.0. The third kappa shape index (κ3) is 7.30. The fraction of sp³-hybridized carbons (Fsp3) is 1.00. The molecule has 2 unspecified atom stereocenters. The lowest BCUT2D eigenvalue weighted by molar-refractivity contribution is 0.0480. The summed E-state index contributed by atoms with van der Waals surface area (Å²) in [7, 11) is 1.71. The SMILES string of the molecule is CCCC(C)(O)CNCC(C)COC. The van der Waals surface area contributed by atoms with E-state index in [1.165, 1.54) is 0 Å². The first-order valence-electron chi connectivity index (χ1n) is 5.44. The molecule has 0 aromatic heterocycles. The highest BCUT2D eigenvalue weighted by Gasteiger charge is 2.18. The Morgan fingerprint density at radius 1 is 1.50 bits per heavy atom. The van der Waals surface area contributed by atoms with E-state index in [9.17, 15) is 5.11 Å². The van der Waals surface area contributed by atoms with Crippen LogP contribution in [-0.4, -0.2) is 37.5 Å². The van der Waals surface area contributed by atoms with Crippen LogP contribution >= 0.6 is 0 Å². The van der Waals surface area contributed by atoms with Crippen LogP contribution in [0.3, 0.4) is 0 Å². The minimum Gasteiger partial charge on any atom is -0.389 e. The first-order valence-corrected chi connectivity index (χ1v) is 5.44. The summed E-state index contributed by atoms with van der Waals surface area (Å²) >= 11 is 0. The molecule has 14 heavy (non-hydrogen) atoms. The lowest BCUT2D eigenvalue weighted by Crippen LogP contribution is -2.39. The van der Waals surface area contributed by atoms with E-state index in [0.29, 0.717) is 12.5 Å². The minimum absolute atomic E-state index is 0.498. The van der Waals surface area contributed by atoms with Crippen LogP contribution in [0.2, 0.25) is 0 Å². The average molecular weight is 203 g/mol. The van der Waals surface area contributed by atoms with Crippen molar-refractivity contribution in [2.24, 2.45) is 5.92 Å². The molecule has 2 atom stereocenters. The van der Waals surface area contributed by atoms with Crippen LogP contribution in [0.25, 0.3) is 0 Å². The predicted octanol–water partition coefficient (Wildman–Crippen LogP) is 1.41. The third-order valence-electron chi connectivity index (χ3n) is 2.24. The summed E-state index contributed by atoms with van der Waals surface area (Å²) in [5.41, 5.74) is -0.568. The molecule has 0 fully saturated rings. The fourth-order valence-corrected chi connectivity index (χ4v) is 1.56. The zero-order valence-corrected chi connectivity index (χ0v) is 9.97. The second-order valence-electron chi connectivity index (χ2n) is 4.44. The van der Waals surface area contributed by atoms with Gasteiger partial charge < -0.3 is 15.2 Å². The number of hydrogen-bond acceptors (Lipinski definition) is 3. The molecule has 2 N–H and O–H groups in total. The van der Waals surface area contributed by atoms with Gasteiger partial charge >= 0.3 is 0 Å². The van der Waals surface area contributed by atoms with Gasteiger partial charge in [-0.15, -0.1) is 0 Å². The lowest BCUT2D eigenvalue weighted by Gasteiger charge is -2.24. The monoisotopic (exact) mass is 203 g/mol. The number of methoxy groups -OCH3 is 1. The maximum absolute atomic E-state index is 9.86. The Morgan fingerprint density at radius 3 is 2.64 bits per heavy atom. The standard InChI is InChI=1S/C11H25NO2/c1-5-6-11(3,13)9-12-7-10(2)8-14-4/h10,12-13H,5-9H2,1-4H3. The van der Waals surface area contributed by atoms with E-state index >= 15 is 0 Å². The van der Waals surface area contributed by atoms with E-state index in [1.54, 1.807) is 7.11 Å². The molecule has 0 rings (SSSR count). The fourth-order valence-electron chi connectivity index (χ4n) is 1.56. The first kappa shape index (κ1) is 13.9. The summed E-state index contributed by atoms with van der Waals surface area (Å²) < 4.78 is 5.03. The molecule has 0 aliphatic heterocycles. The smallest absolute Gasteiger partial charge is 0.0743 e. The van der Waals surface area contributed by atoms with Gasteiger partial charge in [0, 0.05) is 26.8 Å². The predicted molar refractivity (Wildman–Crippen MR) is 59.4 cm³/mol. The van der Waals surface area contributed by atoms with Gasteiger partial charge in [-0.1, -0.05) is 20.3 Å². The van der Waals surface area contributed by atoms with Gasteiger partial charge in [0.2, 0.25) is 0 Å². The molecule has 0 saturated carbocycles. The molecule has 0 aromatic carbocycles. The second-order valence-corrected chi connectivity index (χ2v) is 4.44. The normalized spacial score (nSPS) is 17.8. The Kier molecular flexibility index (Phi) is 7.15. The van der Waals surface area contributed by atoms with Crippen molar-refractivity contribution < 1.29 is 9.84 Å². The van der Waals surface area contributed by atoms with Crippen LogP contribution in [-0.2, 0) is 4.74 Å². The second kappa shape index (κ2) is 7.21. The zero-order valence-electron chi connectivity index (χ0n) is 9.97. The summed E-state index contributed by atoms with van der Waals surface area (Å²) in [5.74, 6) is 0.498. The molecule has 3 nitrogen and oxygen atoms in total. The Labute approximate surface area is 87.8 Å². The van der Waals surface area contributed by atoms with E-state index in [4.69, 9.17) is 4.74 Å². The highest BCUT2D eigenvalue weighted by molar-refractivity contribution is 4.75. The Balaban J connectivity index is 3.51. The van der Waals surface area contributed by atoms with Gasteiger partial charge in [0.1, 0.15) is 0 Å². The summed E-state index contributed by atoms with van der Waals surface area (Å²) in [6.45, 7) is 8.42. The topological polar surface area (TPSA) is 41.5 Å². The van der Waals surface area contributed by atoms with Crippen LogP contribution < -0.4 is 5.32 Å². The average Bonchev–Trinajstić information content (AvgIpc) is 2.03. The van der Waals surface area contributed by atoms with Crippen LogP contribution in [0.5, 0.6) is 0 Å². The Hall–Kier alpha value is -0.120. The van der Waals surface area contributed by atoms with Crippen molar-refractivity contribution >= 4 is 0 Å². The number of nitrogens with one attached hydrogen (secondary N) is 1. The van der Waals surface area contributed by atoms with Crippen LogP contribution in [0.4, 0.5) is 0 Å². The Morgan fingerprint density at radius 2 is 2.14 bits per heavy atom. The number of ether oxygens (including phenoxy) is 1. The van der Waals surface area contributed by atoms with E-state index < -0.39 is 5.60 Å². The van der Waals surface area contributed by atoms with Crippen molar-refractivity contribution in [3.63, 3.8) is 0 Å². The van der Waals surface area contributed by atoms with E-state index in [1.807, 2.05) is 6.92 Å². The summed E-state index contributed by atoms with van der Waals surface area (Å²) in [6, 6.07) is 0. The van der Waals surface area contributed by atoms with Crippen molar-refractivity contribution in [3.8, 4) is 0 Å². The van der Waals surface area contributed by atoms with Crippen LogP contribution in [0, 0.1) is 5.92 Å². The summed E-state index contributed by atoms with van der Waals surface area (Å²) in [5, 5.41) is 13.1. The molecule has 0 aliphatic carbocycles. The van der Waals surface area contributed by atoms with Gasteiger partial charge in [-0.3, -0.25) is 0 Å². The molecule has 0 aromatic rings. The van der Waals surface area contributed by atoms with E-state index in [0.717, 1.165) is 26.0 Å². The van der Waals surface area contributed by atoms with Crippen LogP contribution in [0.1, 0.15) is 33.6 Å². The molecule has 3 heteroatoms. The molecular weight excluding hydrogens is 178 g/mol. The van der Waals surface area contributed by atoms with Crippen LogP contribution in [0.15, 0.2) is 0 Å². The van der Waals surface area contributed by atoms with Gasteiger partial charge in [-0.05, 0) is 19.3 Å². The van der Waals surface area contributed by atoms with Crippen molar-refractivity contribution in [2.45, 2.75) is 39.2 Å². The highest BCUT2D eigenvalue weighted by atomic mass is 16.5. The first-order chi connectivity index (χ1) is 6.52. The van der Waals surface area contributed by atoms with Gasteiger partial charge in [-0.2, -0.15) is 0 Å². The molecule has 0 heterocycles. The summed E-state index contributed by atoms with van der Waals surface area (Å²) in [6.07, 6.45) is 1.86. The van der Waals surface area contributed by atoms with E-state index in [-0.39, 0.29) is 0 Å². The van der Waals surface area contributed by atoms with Crippen molar-refractivity contribution in [2.75, 3.05) is 26.8 Å². The van der Waals surface area contributed by atoms with Crippen molar-refractivity contribution in [1.82, 2.24) is 5.32 Å². The molecule has 0 bridgehead atoms. The maximum atomic E-state index is 9.86. The molecule has 0 saturated heterocycles. The molecule has 0 aliphatic rings. The van der Waals surface area contributed by atoms with Crippen molar-refractivity contribution in [1.29, 1.82) is 0 Å².